The predicted octanol–water partition coefficient (Wildman–Crippen LogP) is 16.2. The van der Waals surface area contributed by atoms with E-state index < -0.39 is 6.10 Å². The Morgan fingerprint density at radius 2 is 0.696 bits per heavy atom. The molecule has 0 bridgehead atoms. The Morgan fingerprint density at radius 3 is 1.07 bits per heavy atom. The normalized spacial score (nSPS) is 12.3. The molecule has 0 heterocycles. The average molecular weight is 789 g/mol. The molecule has 0 unspecified atom stereocenters. The van der Waals surface area contributed by atoms with Crippen LogP contribution in [0, 0.1) is 0 Å². The van der Waals surface area contributed by atoms with Gasteiger partial charge in [0.15, 0.2) is 6.10 Å². The lowest BCUT2D eigenvalue weighted by Crippen LogP contribution is -2.28. The molecule has 5 heteroatoms. The number of aliphatic hydroxyl groups is 1. The molecule has 1 atom stereocenters. The van der Waals surface area contributed by atoms with Gasteiger partial charge in [-0.25, -0.2) is 0 Å². The second kappa shape index (κ2) is 47.8. The molecule has 0 amide bonds. The van der Waals surface area contributed by atoms with Crippen molar-refractivity contribution in [3.63, 3.8) is 0 Å². The highest BCUT2D eigenvalue weighted by Gasteiger charge is 2.16. The molecule has 0 aromatic carbocycles. The van der Waals surface area contributed by atoms with Gasteiger partial charge in [0.1, 0.15) is 6.61 Å². The fourth-order valence-electron chi connectivity index (χ4n) is 7.46. The maximum atomic E-state index is 12.2. The van der Waals surface area contributed by atoms with Crippen LogP contribution in [-0.4, -0.2) is 36.4 Å². The van der Waals surface area contributed by atoms with Gasteiger partial charge in [0.05, 0.1) is 6.61 Å². The van der Waals surface area contributed by atoms with Crippen LogP contribution in [0.4, 0.5) is 0 Å². The fraction of sp³-hybridized carbons (Fsp3) is 0.882. The van der Waals surface area contributed by atoms with Crippen LogP contribution in [0.25, 0.3) is 0 Å². The predicted molar refractivity (Wildman–Crippen MR) is 242 cm³/mol. The van der Waals surface area contributed by atoms with E-state index in [9.17, 15) is 14.7 Å². The van der Waals surface area contributed by atoms with Crippen LogP contribution in [0.1, 0.15) is 271 Å². The van der Waals surface area contributed by atoms with Crippen molar-refractivity contribution in [3.05, 3.63) is 24.3 Å². The molecule has 0 aromatic rings. The Labute approximate surface area is 349 Å². The molecule has 0 saturated heterocycles. The zero-order valence-electron chi connectivity index (χ0n) is 37.7. The molecule has 0 spiro atoms. The summed E-state index contributed by atoms with van der Waals surface area (Å²) in [6.45, 7) is 4.15. The van der Waals surface area contributed by atoms with E-state index in [0.717, 1.165) is 44.9 Å². The van der Waals surface area contributed by atoms with E-state index in [-0.39, 0.29) is 25.2 Å². The zero-order valence-corrected chi connectivity index (χ0v) is 37.7. The Bertz CT molecular complexity index is 851. The van der Waals surface area contributed by atoms with Gasteiger partial charge in [-0.3, -0.25) is 9.59 Å². The van der Waals surface area contributed by atoms with Gasteiger partial charge in [-0.2, -0.15) is 0 Å². The van der Waals surface area contributed by atoms with Crippen molar-refractivity contribution in [3.8, 4) is 0 Å². The quantitative estimate of drug-likeness (QED) is 0.0378. The maximum Gasteiger partial charge on any atom is 0.306 e. The zero-order chi connectivity index (χ0) is 40.7. The topological polar surface area (TPSA) is 72.8 Å². The van der Waals surface area contributed by atoms with E-state index in [1.165, 1.54) is 199 Å². The molecule has 0 aliphatic carbocycles. The lowest BCUT2D eigenvalue weighted by atomic mass is 10.0. The Morgan fingerprint density at radius 1 is 0.393 bits per heavy atom. The first-order valence-corrected chi connectivity index (χ1v) is 24.9. The number of rotatable bonds is 46. The van der Waals surface area contributed by atoms with E-state index in [1.54, 1.807) is 0 Å². The molecule has 330 valence electrons. The number of allylic oxidation sites excluding steroid dienone is 4. The molecule has 0 aromatic heterocycles. The summed E-state index contributed by atoms with van der Waals surface area (Å²) in [6.07, 6.45) is 58.5. The average Bonchev–Trinajstić information content (AvgIpc) is 3.20. The van der Waals surface area contributed by atoms with E-state index in [2.05, 4.69) is 38.2 Å². The van der Waals surface area contributed by atoms with Gasteiger partial charge < -0.3 is 14.6 Å². The van der Waals surface area contributed by atoms with Crippen LogP contribution < -0.4 is 0 Å². The maximum absolute atomic E-state index is 12.2. The molecule has 0 saturated carbocycles. The van der Waals surface area contributed by atoms with Crippen molar-refractivity contribution in [2.75, 3.05) is 13.2 Å². The molecule has 0 fully saturated rings. The Kier molecular flexibility index (Phi) is 46.4. The summed E-state index contributed by atoms with van der Waals surface area (Å²) in [5.74, 6) is -0.625. The SMILES string of the molecule is CCCCCCCCCCCCCCCC/C=C/CC/C=C/CCCC(=O)OC[C@H](CO)OC(=O)CCCCCCCCCCCCCCCCCCCCC. The molecular formula is C51H96O5. The highest BCUT2D eigenvalue weighted by Crippen LogP contribution is 2.16. The second-order valence-corrected chi connectivity index (χ2v) is 16.9. The third-order valence-electron chi connectivity index (χ3n) is 11.2. The van der Waals surface area contributed by atoms with E-state index in [0.29, 0.717) is 12.8 Å². The number of hydrogen-bond acceptors (Lipinski definition) is 5. The van der Waals surface area contributed by atoms with Gasteiger partial charge in [0.25, 0.3) is 0 Å². The van der Waals surface area contributed by atoms with Crippen molar-refractivity contribution < 1.29 is 24.2 Å². The van der Waals surface area contributed by atoms with Crippen LogP contribution in [-0.2, 0) is 19.1 Å². The minimum Gasteiger partial charge on any atom is -0.462 e. The Hall–Kier alpha value is -1.62. The minimum absolute atomic E-state index is 0.0815. The highest BCUT2D eigenvalue weighted by atomic mass is 16.6. The molecular weight excluding hydrogens is 693 g/mol. The monoisotopic (exact) mass is 789 g/mol. The second-order valence-electron chi connectivity index (χ2n) is 16.9. The van der Waals surface area contributed by atoms with Gasteiger partial charge in [-0.05, 0) is 44.9 Å². The molecule has 1 N–H and O–H groups in total. The smallest absolute Gasteiger partial charge is 0.306 e. The molecule has 0 radical (unpaired) electrons. The number of carbonyl (C=O) groups is 2. The largest absolute Gasteiger partial charge is 0.462 e. The van der Waals surface area contributed by atoms with Crippen molar-refractivity contribution >= 4 is 11.9 Å². The third-order valence-corrected chi connectivity index (χ3v) is 11.2. The molecule has 0 rings (SSSR count). The van der Waals surface area contributed by atoms with Gasteiger partial charge >= 0.3 is 11.9 Å². The van der Waals surface area contributed by atoms with Crippen LogP contribution >= 0.6 is 0 Å². The summed E-state index contributed by atoms with van der Waals surface area (Å²) in [7, 11) is 0. The number of esters is 2. The summed E-state index contributed by atoms with van der Waals surface area (Å²) < 4.78 is 10.6. The van der Waals surface area contributed by atoms with Crippen LogP contribution in [0.5, 0.6) is 0 Å². The third kappa shape index (κ3) is 45.1. The van der Waals surface area contributed by atoms with E-state index in [1.807, 2.05) is 0 Å². The number of ether oxygens (including phenoxy) is 2. The van der Waals surface area contributed by atoms with Crippen molar-refractivity contribution in [2.45, 2.75) is 277 Å². The molecule has 56 heavy (non-hydrogen) atoms. The van der Waals surface area contributed by atoms with Gasteiger partial charge in [0, 0.05) is 12.8 Å². The van der Waals surface area contributed by atoms with E-state index in [4.69, 9.17) is 9.47 Å². The van der Waals surface area contributed by atoms with Crippen LogP contribution in [0.2, 0.25) is 0 Å². The lowest BCUT2D eigenvalue weighted by molar-refractivity contribution is -0.161. The van der Waals surface area contributed by atoms with Crippen molar-refractivity contribution in [1.82, 2.24) is 0 Å². The molecule has 0 aliphatic heterocycles. The highest BCUT2D eigenvalue weighted by molar-refractivity contribution is 5.70. The summed E-state index contributed by atoms with van der Waals surface area (Å²) in [6, 6.07) is 0. The lowest BCUT2D eigenvalue weighted by Gasteiger charge is -2.15. The summed E-state index contributed by atoms with van der Waals surface area (Å²) in [5, 5.41) is 9.61. The first kappa shape index (κ1) is 54.4. The first-order valence-electron chi connectivity index (χ1n) is 24.9. The summed E-state index contributed by atoms with van der Waals surface area (Å²) >= 11 is 0. The van der Waals surface area contributed by atoms with Crippen molar-refractivity contribution in [2.24, 2.45) is 0 Å². The summed E-state index contributed by atoms with van der Waals surface area (Å²) in [5.41, 5.74) is 0. The standard InChI is InChI=1S/C51H96O5/c1-3-5-7-9-11-13-15-17-19-21-23-24-25-26-28-29-31-33-35-37-39-41-43-45-50(53)55-48-49(47-52)56-51(54)46-44-42-40-38-36-34-32-30-27-22-20-18-16-14-12-10-8-6-4-2/h29,31,37,39,49,52H,3-28,30,32-36,38,40-48H2,1-2H3/b31-29+,39-37+/t49-/m0/s1. The van der Waals surface area contributed by atoms with Gasteiger partial charge in [-0.15, -0.1) is 0 Å². The molecule has 5 nitrogen and oxygen atoms in total. The minimum atomic E-state index is -0.783. The van der Waals surface area contributed by atoms with Crippen molar-refractivity contribution in [1.29, 1.82) is 0 Å². The number of carbonyl (C=O) groups excluding carboxylic acids is 2. The van der Waals surface area contributed by atoms with Crippen LogP contribution in [0.3, 0.4) is 0 Å². The number of aliphatic hydroxyl groups excluding tert-OH is 1. The van der Waals surface area contributed by atoms with E-state index >= 15 is 0 Å². The van der Waals surface area contributed by atoms with Gasteiger partial charge in [0.2, 0.25) is 0 Å². The van der Waals surface area contributed by atoms with Crippen LogP contribution in [0.15, 0.2) is 24.3 Å². The van der Waals surface area contributed by atoms with Gasteiger partial charge in [-0.1, -0.05) is 237 Å². The Balaban J connectivity index is 3.51. The number of unbranched alkanes of at least 4 members (excludes halogenated alkanes) is 34. The number of hydrogen-bond donors (Lipinski definition) is 1. The fourth-order valence-corrected chi connectivity index (χ4v) is 7.46. The molecule has 0 aliphatic rings. The first-order chi connectivity index (χ1) is 27.6. The summed E-state index contributed by atoms with van der Waals surface area (Å²) in [4.78, 5) is 24.4.